The molecule has 1 aliphatic carbocycles. The molecule has 6 aromatic rings. The van der Waals surface area contributed by atoms with Crippen molar-refractivity contribution in [3.63, 3.8) is 0 Å². The summed E-state index contributed by atoms with van der Waals surface area (Å²) in [7, 11) is 1.71. The van der Waals surface area contributed by atoms with Crippen LogP contribution >= 0.6 is 0 Å². The Kier molecular flexibility index (Phi) is 4.78. The van der Waals surface area contributed by atoms with Crippen LogP contribution < -0.4 is 4.74 Å². The third-order valence-corrected chi connectivity index (χ3v) is 8.20. The van der Waals surface area contributed by atoms with Crippen molar-refractivity contribution in [3.05, 3.63) is 126 Å². The van der Waals surface area contributed by atoms with E-state index >= 15 is 0 Å². The van der Waals surface area contributed by atoms with Crippen molar-refractivity contribution in [2.24, 2.45) is 0 Å². The van der Waals surface area contributed by atoms with Gasteiger partial charge in [0.15, 0.2) is 0 Å². The predicted octanol–water partition coefficient (Wildman–Crippen LogP) is 9.64. The summed E-state index contributed by atoms with van der Waals surface area (Å²) < 4.78 is 5.43. The maximum Gasteiger partial charge on any atom is 0.118 e. The fourth-order valence-electron chi connectivity index (χ4n) is 6.26. The van der Waals surface area contributed by atoms with Crippen LogP contribution in [0.2, 0.25) is 0 Å². The fourth-order valence-corrected chi connectivity index (χ4v) is 6.26. The van der Waals surface area contributed by atoms with Gasteiger partial charge in [-0.2, -0.15) is 0 Å². The van der Waals surface area contributed by atoms with Crippen LogP contribution in [0, 0.1) is 0 Å². The summed E-state index contributed by atoms with van der Waals surface area (Å²) in [4.78, 5) is 0. The van der Waals surface area contributed by atoms with E-state index in [1.54, 1.807) is 7.11 Å². The third-order valence-electron chi connectivity index (χ3n) is 8.20. The molecule has 0 spiro atoms. The number of methoxy groups -OCH3 is 1. The molecule has 0 heterocycles. The molecule has 6 aromatic carbocycles. The van der Waals surface area contributed by atoms with Gasteiger partial charge in [-0.15, -0.1) is 0 Å². The van der Waals surface area contributed by atoms with Crippen LogP contribution in [0.15, 0.2) is 115 Å². The number of benzene rings is 6. The number of hydrogen-bond acceptors (Lipinski definition) is 1. The van der Waals surface area contributed by atoms with E-state index in [0.717, 1.165) is 5.75 Å². The summed E-state index contributed by atoms with van der Waals surface area (Å²) in [6, 6.07) is 42.1. The summed E-state index contributed by atoms with van der Waals surface area (Å²) in [5, 5.41) is 5.12. The minimum Gasteiger partial charge on any atom is -0.497 e. The first kappa shape index (κ1) is 21.9. The lowest BCUT2D eigenvalue weighted by Gasteiger charge is -2.23. The first-order valence-corrected chi connectivity index (χ1v) is 12.9. The summed E-state index contributed by atoms with van der Waals surface area (Å²) in [5.74, 6) is 0.873. The van der Waals surface area contributed by atoms with Crippen molar-refractivity contribution < 1.29 is 4.74 Å². The van der Waals surface area contributed by atoms with E-state index in [2.05, 4.69) is 117 Å². The Morgan fingerprint density at radius 2 is 1.14 bits per heavy atom. The average molecular weight is 477 g/mol. The van der Waals surface area contributed by atoms with Crippen LogP contribution in [0.5, 0.6) is 5.75 Å². The van der Waals surface area contributed by atoms with Gasteiger partial charge in [-0.25, -0.2) is 0 Å². The van der Waals surface area contributed by atoms with Gasteiger partial charge in [-0.05, 0) is 90.3 Å². The Hall–Kier alpha value is -4.36. The number of rotatable bonds is 3. The lowest BCUT2D eigenvalue weighted by atomic mass is 9.80. The van der Waals surface area contributed by atoms with Crippen LogP contribution in [-0.2, 0) is 5.41 Å². The maximum absolute atomic E-state index is 5.43. The number of fused-ring (bicyclic) bond motifs is 5. The fraction of sp³-hybridized carbons (Fsp3) is 0.111. The zero-order valence-electron chi connectivity index (χ0n) is 21.4. The number of ether oxygens (including phenoxy) is 1. The topological polar surface area (TPSA) is 9.23 Å². The highest BCUT2D eigenvalue weighted by Crippen LogP contribution is 2.51. The van der Waals surface area contributed by atoms with E-state index in [0.29, 0.717) is 0 Å². The van der Waals surface area contributed by atoms with Crippen LogP contribution in [0.3, 0.4) is 0 Å². The standard InChI is InChI=1S/C36H28O/c1-36(2)34-14-7-6-12-30(34)33-21-31-29(28-13-8-10-23-9-4-5-11-26(23)28)20-19-27(32(31)22-35(33)36)24-15-17-25(37-3)18-16-24/h4-22H,1-3H3. The molecule has 0 atom stereocenters. The highest BCUT2D eigenvalue weighted by molar-refractivity contribution is 6.11. The monoisotopic (exact) mass is 476 g/mol. The second kappa shape index (κ2) is 8.08. The SMILES string of the molecule is COc1ccc(-c2ccc(-c3cccc4ccccc34)c3cc4c(cc23)C(C)(C)c2ccccc2-4)cc1. The first-order valence-electron chi connectivity index (χ1n) is 12.9. The molecule has 0 bridgehead atoms. The first-order chi connectivity index (χ1) is 18.1. The molecule has 0 radical (unpaired) electrons. The Balaban J connectivity index is 1.58. The van der Waals surface area contributed by atoms with Gasteiger partial charge in [0.25, 0.3) is 0 Å². The zero-order valence-corrected chi connectivity index (χ0v) is 21.4. The highest BCUT2D eigenvalue weighted by Gasteiger charge is 2.35. The molecule has 7 rings (SSSR count). The Morgan fingerprint density at radius 1 is 0.486 bits per heavy atom. The lowest BCUT2D eigenvalue weighted by Crippen LogP contribution is -2.14. The highest BCUT2D eigenvalue weighted by atomic mass is 16.5. The van der Waals surface area contributed by atoms with Crippen LogP contribution in [0.4, 0.5) is 0 Å². The Labute approximate surface area is 218 Å². The molecule has 37 heavy (non-hydrogen) atoms. The molecule has 0 saturated carbocycles. The van der Waals surface area contributed by atoms with Gasteiger partial charge in [0, 0.05) is 5.41 Å². The molecule has 0 unspecified atom stereocenters. The quantitative estimate of drug-likeness (QED) is 0.247. The van der Waals surface area contributed by atoms with Crippen molar-refractivity contribution in [3.8, 4) is 39.1 Å². The van der Waals surface area contributed by atoms with Crippen LogP contribution in [0.25, 0.3) is 54.9 Å². The van der Waals surface area contributed by atoms with Gasteiger partial charge in [-0.1, -0.05) is 105 Å². The molecular weight excluding hydrogens is 448 g/mol. The molecule has 1 aliphatic rings. The van der Waals surface area contributed by atoms with Gasteiger partial charge in [0.1, 0.15) is 5.75 Å². The molecule has 1 nitrogen and oxygen atoms in total. The Morgan fingerprint density at radius 3 is 1.97 bits per heavy atom. The van der Waals surface area contributed by atoms with E-state index in [1.165, 1.54) is 66.1 Å². The van der Waals surface area contributed by atoms with E-state index in [9.17, 15) is 0 Å². The van der Waals surface area contributed by atoms with Crippen molar-refractivity contribution in [1.82, 2.24) is 0 Å². The molecule has 0 aliphatic heterocycles. The minimum absolute atomic E-state index is 0.0489. The van der Waals surface area contributed by atoms with Gasteiger partial charge in [0.2, 0.25) is 0 Å². The van der Waals surface area contributed by atoms with E-state index in [4.69, 9.17) is 4.74 Å². The predicted molar refractivity (Wildman–Crippen MR) is 156 cm³/mol. The maximum atomic E-state index is 5.43. The molecule has 178 valence electrons. The van der Waals surface area contributed by atoms with E-state index in [-0.39, 0.29) is 5.41 Å². The van der Waals surface area contributed by atoms with Crippen LogP contribution in [0.1, 0.15) is 25.0 Å². The normalized spacial score (nSPS) is 13.5. The second-order valence-corrected chi connectivity index (χ2v) is 10.5. The van der Waals surface area contributed by atoms with Crippen molar-refractivity contribution >= 4 is 21.5 Å². The van der Waals surface area contributed by atoms with Crippen molar-refractivity contribution in [2.75, 3.05) is 7.11 Å². The lowest BCUT2D eigenvalue weighted by molar-refractivity contribution is 0.415. The molecule has 1 heteroatoms. The Bertz CT molecular complexity index is 1820. The summed E-state index contributed by atoms with van der Waals surface area (Å²) in [5.41, 5.74) is 10.4. The molecule has 0 N–H and O–H groups in total. The molecule has 0 fully saturated rings. The van der Waals surface area contributed by atoms with Gasteiger partial charge in [0.05, 0.1) is 7.11 Å². The van der Waals surface area contributed by atoms with Crippen molar-refractivity contribution in [1.29, 1.82) is 0 Å². The third kappa shape index (κ3) is 3.24. The number of hydrogen-bond donors (Lipinski definition) is 0. The summed E-state index contributed by atoms with van der Waals surface area (Å²) >= 11 is 0. The molecule has 0 amide bonds. The van der Waals surface area contributed by atoms with E-state index in [1.807, 2.05) is 12.1 Å². The minimum atomic E-state index is -0.0489. The molecular formula is C36H28O. The van der Waals surface area contributed by atoms with Crippen molar-refractivity contribution in [2.45, 2.75) is 19.3 Å². The smallest absolute Gasteiger partial charge is 0.118 e. The van der Waals surface area contributed by atoms with Gasteiger partial charge in [-0.3, -0.25) is 0 Å². The molecule has 0 saturated heterocycles. The molecule has 0 aromatic heterocycles. The largest absolute Gasteiger partial charge is 0.497 e. The van der Waals surface area contributed by atoms with Gasteiger partial charge < -0.3 is 4.74 Å². The second-order valence-electron chi connectivity index (χ2n) is 10.5. The van der Waals surface area contributed by atoms with Gasteiger partial charge >= 0.3 is 0 Å². The van der Waals surface area contributed by atoms with Crippen LogP contribution in [-0.4, -0.2) is 7.11 Å². The average Bonchev–Trinajstić information content (AvgIpc) is 3.17. The zero-order chi connectivity index (χ0) is 25.1. The summed E-state index contributed by atoms with van der Waals surface area (Å²) in [6.45, 7) is 4.70. The summed E-state index contributed by atoms with van der Waals surface area (Å²) in [6.07, 6.45) is 0. The van der Waals surface area contributed by atoms with E-state index < -0.39 is 0 Å².